The van der Waals surface area contributed by atoms with Gasteiger partial charge in [0.1, 0.15) is 0 Å². The Bertz CT molecular complexity index is 534. The molecule has 0 spiro atoms. The second-order valence-electron chi connectivity index (χ2n) is 5.96. The van der Waals surface area contributed by atoms with Gasteiger partial charge in [0.25, 0.3) is 0 Å². The van der Waals surface area contributed by atoms with Gasteiger partial charge in [-0.2, -0.15) is 0 Å². The van der Waals surface area contributed by atoms with Crippen LogP contribution in [0.3, 0.4) is 0 Å². The van der Waals surface area contributed by atoms with E-state index in [1.165, 1.54) is 5.39 Å². The molecule has 16 heavy (non-hydrogen) atoms. The van der Waals surface area contributed by atoms with Crippen LogP contribution >= 0.6 is 0 Å². The fraction of sp³-hybridized carbons (Fsp3) is 0.286. The van der Waals surface area contributed by atoms with Crippen LogP contribution in [0.2, 0.25) is 26.2 Å². The highest BCUT2D eigenvalue weighted by Gasteiger charge is 2.49. The van der Waals surface area contributed by atoms with E-state index < -0.39 is 15.2 Å². The standard InChI is InChI=1S/C14H18Si2/c1-15(2)12-9-5-7-11-8-6-10-13(14(11)12)16(15,3)4/h5-10H,1-4H3. The normalized spacial score (nSPS) is 20.2. The Morgan fingerprint density at radius 2 is 1.12 bits per heavy atom. The van der Waals surface area contributed by atoms with Crippen LogP contribution < -0.4 is 10.4 Å². The molecule has 0 amide bonds. The molecule has 0 saturated carbocycles. The minimum absolute atomic E-state index is 1.23. The molecule has 82 valence electrons. The maximum Gasteiger partial charge on any atom is 0.0799 e. The quantitative estimate of drug-likeness (QED) is 0.623. The zero-order valence-corrected chi connectivity index (χ0v) is 12.5. The number of rotatable bonds is 0. The fourth-order valence-corrected chi connectivity index (χ4v) is 12.7. The summed E-state index contributed by atoms with van der Waals surface area (Å²) < 4.78 is 0. The largest absolute Gasteiger partial charge is 0.0799 e. The highest BCUT2D eigenvalue weighted by molar-refractivity contribution is 7.52. The number of benzene rings is 2. The van der Waals surface area contributed by atoms with E-state index in [1.807, 2.05) is 0 Å². The monoisotopic (exact) mass is 242 g/mol. The van der Waals surface area contributed by atoms with Crippen molar-refractivity contribution in [3.63, 3.8) is 0 Å². The first kappa shape index (κ1) is 10.3. The van der Waals surface area contributed by atoms with E-state index >= 15 is 0 Å². The van der Waals surface area contributed by atoms with E-state index in [0.29, 0.717) is 0 Å². The van der Waals surface area contributed by atoms with E-state index in [0.717, 1.165) is 0 Å². The van der Waals surface area contributed by atoms with Crippen molar-refractivity contribution in [2.75, 3.05) is 0 Å². The summed E-state index contributed by atoms with van der Waals surface area (Å²) in [6.45, 7) is 10.3. The highest BCUT2D eigenvalue weighted by atomic mass is 29.3. The van der Waals surface area contributed by atoms with Crippen molar-refractivity contribution >= 4 is 36.3 Å². The predicted octanol–water partition coefficient (Wildman–Crippen LogP) is 2.76. The van der Waals surface area contributed by atoms with Gasteiger partial charge in [-0.25, -0.2) is 0 Å². The average molecular weight is 242 g/mol. The van der Waals surface area contributed by atoms with Crippen molar-refractivity contribution in [3.05, 3.63) is 36.4 Å². The third kappa shape index (κ3) is 0.993. The summed E-state index contributed by atoms with van der Waals surface area (Å²) in [5.74, 6) is 0. The lowest BCUT2D eigenvalue weighted by Gasteiger charge is -2.32. The summed E-state index contributed by atoms with van der Waals surface area (Å²) in [5.41, 5.74) is 0. The molecule has 3 rings (SSSR count). The molecule has 0 fully saturated rings. The molecule has 0 nitrogen and oxygen atoms in total. The highest BCUT2D eigenvalue weighted by Crippen LogP contribution is 2.30. The van der Waals surface area contributed by atoms with Gasteiger partial charge in [0.05, 0.1) is 15.2 Å². The fourth-order valence-electron chi connectivity index (χ4n) is 3.06. The van der Waals surface area contributed by atoms with Gasteiger partial charge >= 0.3 is 0 Å². The van der Waals surface area contributed by atoms with E-state index in [1.54, 1.807) is 15.8 Å². The maximum atomic E-state index is 2.56. The first-order chi connectivity index (χ1) is 7.46. The smallest absolute Gasteiger partial charge is 0.0671 e. The van der Waals surface area contributed by atoms with Crippen molar-refractivity contribution in [2.45, 2.75) is 26.2 Å². The Morgan fingerprint density at radius 1 is 0.688 bits per heavy atom. The Balaban J connectivity index is 2.54. The van der Waals surface area contributed by atoms with Gasteiger partial charge in [0, 0.05) is 0 Å². The zero-order chi connectivity index (χ0) is 11.6. The molecule has 0 unspecified atom stereocenters. The van der Waals surface area contributed by atoms with Gasteiger partial charge in [-0.1, -0.05) is 73.0 Å². The molecule has 0 bridgehead atoms. The van der Waals surface area contributed by atoms with E-state index in [2.05, 4.69) is 62.6 Å². The maximum absolute atomic E-state index is 2.56. The Labute approximate surface area is 99.1 Å². The van der Waals surface area contributed by atoms with Crippen molar-refractivity contribution in [2.24, 2.45) is 0 Å². The molecule has 0 atom stereocenters. The number of hydrogen-bond donors (Lipinski definition) is 0. The lowest BCUT2D eigenvalue weighted by atomic mass is 10.1. The third-order valence-electron chi connectivity index (χ3n) is 4.81. The van der Waals surface area contributed by atoms with Crippen LogP contribution in [0.25, 0.3) is 10.8 Å². The molecule has 0 radical (unpaired) electrons. The summed E-state index contributed by atoms with van der Waals surface area (Å²) in [6, 6.07) is 13.8. The molecule has 0 saturated heterocycles. The van der Waals surface area contributed by atoms with Gasteiger partial charge in [0.15, 0.2) is 0 Å². The van der Waals surface area contributed by atoms with E-state index in [-0.39, 0.29) is 0 Å². The van der Waals surface area contributed by atoms with Crippen LogP contribution in [0.15, 0.2) is 36.4 Å². The summed E-state index contributed by atoms with van der Waals surface area (Å²) in [6.07, 6.45) is 0. The first-order valence-corrected chi connectivity index (χ1v) is 13.0. The molecule has 2 aromatic carbocycles. The Morgan fingerprint density at radius 3 is 1.56 bits per heavy atom. The van der Waals surface area contributed by atoms with Crippen molar-refractivity contribution in [1.82, 2.24) is 0 Å². The minimum Gasteiger partial charge on any atom is -0.0671 e. The Hall–Kier alpha value is -0.866. The summed E-state index contributed by atoms with van der Waals surface area (Å²) in [5, 5.41) is 6.47. The van der Waals surface area contributed by atoms with Crippen molar-refractivity contribution < 1.29 is 0 Å². The van der Waals surface area contributed by atoms with Gasteiger partial charge < -0.3 is 0 Å². The summed E-state index contributed by atoms with van der Waals surface area (Å²) in [7, 11) is -2.47. The van der Waals surface area contributed by atoms with Crippen molar-refractivity contribution in [1.29, 1.82) is 0 Å². The Kier molecular flexibility index (Phi) is 1.85. The second kappa shape index (κ2) is 2.87. The van der Waals surface area contributed by atoms with Crippen LogP contribution in [0.1, 0.15) is 0 Å². The molecule has 0 aromatic heterocycles. The van der Waals surface area contributed by atoms with Crippen LogP contribution in [-0.2, 0) is 0 Å². The number of hydrogen-bond acceptors (Lipinski definition) is 0. The van der Waals surface area contributed by atoms with Crippen LogP contribution in [0.5, 0.6) is 0 Å². The molecule has 0 N–H and O–H groups in total. The molecule has 0 aliphatic carbocycles. The van der Waals surface area contributed by atoms with Gasteiger partial charge in [-0.05, 0) is 10.8 Å². The van der Waals surface area contributed by atoms with Crippen molar-refractivity contribution in [3.8, 4) is 0 Å². The summed E-state index contributed by atoms with van der Waals surface area (Å²) in [4.78, 5) is 0. The minimum atomic E-state index is -1.23. The molecular weight excluding hydrogens is 224 g/mol. The molecular formula is C14H18Si2. The topological polar surface area (TPSA) is 0 Å². The van der Waals surface area contributed by atoms with Crippen LogP contribution in [0, 0.1) is 0 Å². The van der Waals surface area contributed by atoms with E-state index in [4.69, 9.17) is 0 Å². The van der Waals surface area contributed by atoms with Gasteiger partial charge in [-0.15, -0.1) is 0 Å². The lowest BCUT2D eigenvalue weighted by molar-refractivity contribution is 1.80. The SMILES string of the molecule is C[Si]1(C)c2cccc3cccc(c23)[Si]1(C)C. The van der Waals surface area contributed by atoms with Crippen LogP contribution in [-0.4, -0.2) is 15.2 Å². The molecule has 2 heteroatoms. The molecule has 1 aliphatic rings. The first-order valence-electron chi connectivity index (χ1n) is 5.99. The molecule has 1 heterocycles. The van der Waals surface area contributed by atoms with Crippen LogP contribution in [0.4, 0.5) is 0 Å². The predicted molar refractivity (Wildman–Crippen MR) is 78.2 cm³/mol. The lowest BCUT2D eigenvalue weighted by Crippen LogP contribution is -2.63. The average Bonchev–Trinajstić information content (AvgIpc) is 2.40. The van der Waals surface area contributed by atoms with Gasteiger partial charge in [0.2, 0.25) is 0 Å². The second-order valence-corrected chi connectivity index (χ2v) is 21.0. The van der Waals surface area contributed by atoms with Gasteiger partial charge in [-0.3, -0.25) is 0 Å². The third-order valence-corrected chi connectivity index (χ3v) is 22.5. The molecule has 1 aliphatic heterocycles. The zero-order valence-electron chi connectivity index (χ0n) is 10.5. The van der Waals surface area contributed by atoms with E-state index in [9.17, 15) is 0 Å². The summed E-state index contributed by atoms with van der Waals surface area (Å²) >= 11 is 0. The molecule has 2 aromatic rings.